The van der Waals surface area contributed by atoms with Gasteiger partial charge in [-0.05, 0) is 62.6 Å². The number of rotatable bonds is 3. The smallest absolute Gasteiger partial charge is 0.398 e. The molecule has 0 amide bonds. The first-order valence-electron chi connectivity index (χ1n) is 8.89. The van der Waals surface area contributed by atoms with Crippen LogP contribution < -0.4 is 0 Å². The number of halogens is 4. The summed E-state index contributed by atoms with van der Waals surface area (Å²) in [7, 11) is -1.09. The summed E-state index contributed by atoms with van der Waals surface area (Å²) >= 11 is 0. The summed E-state index contributed by atoms with van der Waals surface area (Å²) in [4.78, 5) is 0. The number of alkyl halides is 3. The molecular weight excluding hydrogens is 371 g/mol. The molecule has 0 aliphatic carbocycles. The molecule has 0 unspecified atom stereocenters. The molecule has 0 aromatic heterocycles. The first-order valence-corrected chi connectivity index (χ1v) is 8.89. The quantitative estimate of drug-likeness (QED) is 0.450. The summed E-state index contributed by atoms with van der Waals surface area (Å²) < 4.78 is 64.5. The van der Waals surface area contributed by atoms with Gasteiger partial charge in [-0.25, -0.2) is 4.39 Å². The van der Waals surface area contributed by atoms with Gasteiger partial charge in [0.05, 0.1) is 16.8 Å². The molecule has 3 rings (SSSR count). The summed E-state index contributed by atoms with van der Waals surface area (Å²) in [5, 5.41) is 0. The van der Waals surface area contributed by atoms with Crippen molar-refractivity contribution >= 4 is 13.2 Å². The van der Waals surface area contributed by atoms with E-state index < -0.39 is 35.8 Å². The molecule has 2 nitrogen and oxygen atoms in total. The van der Waals surface area contributed by atoms with E-state index in [0.717, 1.165) is 12.1 Å². The molecule has 28 heavy (non-hydrogen) atoms. The Kier molecular flexibility index (Phi) is 5.19. The van der Waals surface area contributed by atoms with Crippen LogP contribution in [0, 0.1) is 0 Å². The van der Waals surface area contributed by atoms with Gasteiger partial charge in [0.25, 0.3) is 0 Å². The standard InChI is InChI=1S/C21H21BF4O2/c1-19(2)20(3,4)28-22(27-19)18(23)12-14-8-10-15(11-9-14)16-6-5-7-17(13-16)21(24,25)26/h5-13H,1-4H3. The third-order valence-electron chi connectivity index (χ3n) is 5.22. The molecule has 2 aromatic carbocycles. The van der Waals surface area contributed by atoms with Crippen LogP contribution in [0.2, 0.25) is 0 Å². The molecule has 7 heteroatoms. The second kappa shape index (κ2) is 7.05. The number of hydrogen-bond acceptors (Lipinski definition) is 2. The van der Waals surface area contributed by atoms with E-state index in [1.54, 1.807) is 30.3 Å². The van der Waals surface area contributed by atoms with Crippen LogP contribution in [0.1, 0.15) is 38.8 Å². The number of hydrogen-bond donors (Lipinski definition) is 0. The highest BCUT2D eigenvalue weighted by molar-refractivity contribution is 6.54. The Morgan fingerprint density at radius 2 is 1.46 bits per heavy atom. The van der Waals surface area contributed by atoms with Gasteiger partial charge in [0.1, 0.15) is 5.73 Å². The second-order valence-electron chi connectivity index (χ2n) is 7.82. The Bertz CT molecular complexity index is 870. The normalized spacial score (nSPS) is 19.1. The Balaban J connectivity index is 1.79. The van der Waals surface area contributed by atoms with Crippen LogP contribution in [0.25, 0.3) is 17.2 Å². The van der Waals surface area contributed by atoms with Crippen LogP contribution in [0.15, 0.2) is 54.3 Å². The van der Waals surface area contributed by atoms with E-state index in [9.17, 15) is 17.6 Å². The van der Waals surface area contributed by atoms with E-state index in [-0.39, 0.29) is 0 Å². The summed E-state index contributed by atoms with van der Waals surface area (Å²) in [5.41, 5.74) is -0.947. The van der Waals surface area contributed by atoms with Gasteiger partial charge >= 0.3 is 13.3 Å². The second-order valence-corrected chi connectivity index (χ2v) is 7.82. The maximum atomic E-state index is 14.6. The molecule has 0 radical (unpaired) electrons. The zero-order chi connectivity index (χ0) is 20.7. The molecule has 1 saturated heterocycles. The van der Waals surface area contributed by atoms with E-state index in [1.165, 1.54) is 12.1 Å². The molecule has 1 aliphatic rings. The Labute approximate surface area is 162 Å². The van der Waals surface area contributed by atoms with Crippen LogP contribution in [0.3, 0.4) is 0 Å². The van der Waals surface area contributed by atoms with E-state index in [4.69, 9.17) is 9.31 Å². The third-order valence-corrected chi connectivity index (χ3v) is 5.22. The molecule has 0 bridgehead atoms. The Morgan fingerprint density at radius 1 is 0.893 bits per heavy atom. The zero-order valence-electron chi connectivity index (χ0n) is 16.1. The van der Waals surface area contributed by atoms with Crippen molar-refractivity contribution in [3.05, 3.63) is 65.4 Å². The lowest BCUT2D eigenvalue weighted by Crippen LogP contribution is -2.41. The van der Waals surface area contributed by atoms with Crippen LogP contribution >= 0.6 is 0 Å². The van der Waals surface area contributed by atoms with Gasteiger partial charge < -0.3 is 9.31 Å². The number of benzene rings is 2. The topological polar surface area (TPSA) is 18.5 Å². The largest absolute Gasteiger partial charge is 0.525 e. The third kappa shape index (κ3) is 4.15. The van der Waals surface area contributed by atoms with Crippen LogP contribution in [-0.2, 0) is 15.5 Å². The minimum Gasteiger partial charge on any atom is -0.398 e. The average molecular weight is 392 g/mol. The Hall–Kier alpha value is -2.12. The summed E-state index contributed by atoms with van der Waals surface area (Å²) in [6.45, 7) is 7.35. The van der Waals surface area contributed by atoms with Gasteiger partial charge in [0.15, 0.2) is 0 Å². The van der Waals surface area contributed by atoms with Gasteiger partial charge in [-0.15, -0.1) is 0 Å². The molecule has 0 N–H and O–H groups in total. The molecule has 1 aliphatic heterocycles. The van der Waals surface area contributed by atoms with Crippen molar-refractivity contribution in [2.24, 2.45) is 0 Å². The van der Waals surface area contributed by atoms with E-state index >= 15 is 0 Å². The molecular formula is C21H21BF4O2. The van der Waals surface area contributed by atoms with Crippen molar-refractivity contribution in [1.82, 2.24) is 0 Å². The predicted octanol–water partition coefficient (Wildman–Crippen LogP) is 6.31. The molecule has 0 spiro atoms. The van der Waals surface area contributed by atoms with E-state index in [0.29, 0.717) is 16.7 Å². The van der Waals surface area contributed by atoms with E-state index in [2.05, 4.69) is 0 Å². The van der Waals surface area contributed by atoms with Crippen molar-refractivity contribution < 1.29 is 26.9 Å². The lowest BCUT2D eigenvalue weighted by molar-refractivity contribution is -0.137. The molecule has 1 fully saturated rings. The maximum absolute atomic E-state index is 14.6. The summed E-state index contributed by atoms with van der Waals surface area (Å²) in [6, 6.07) is 11.7. The van der Waals surface area contributed by atoms with Crippen molar-refractivity contribution in [3.8, 4) is 11.1 Å². The molecule has 1 heterocycles. The van der Waals surface area contributed by atoms with Crippen molar-refractivity contribution in [2.45, 2.75) is 45.1 Å². The van der Waals surface area contributed by atoms with Gasteiger partial charge in [0.2, 0.25) is 0 Å². The first-order chi connectivity index (χ1) is 12.9. The van der Waals surface area contributed by atoms with Crippen molar-refractivity contribution in [1.29, 1.82) is 0 Å². The van der Waals surface area contributed by atoms with E-state index in [1.807, 2.05) is 27.7 Å². The molecule has 148 valence electrons. The SMILES string of the molecule is CC1(C)OB(C(F)=Cc2ccc(-c3cccc(C(F)(F)F)c3)cc2)OC1(C)C. The monoisotopic (exact) mass is 392 g/mol. The van der Waals surface area contributed by atoms with Crippen LogP contribution in [0.4, 0.5) is 17.6 Å². The molecule has 0 saturated carbocycles. The fourth-order valence-electron chi connectivity index (χ4n) is 2.83. The summed E-state index contributed by atoms with van der Waals surface area (Å²) in [6.07, 6.45) is -3.09. The maximum Gasteiger partial charge on any atom is 0.525 e. The fraction of sp³-hybridized carbons (Fsp3) is 0.333. The Morgan fingerprint density at radius 3 is 2.00 bits per heavy atom. The van der Waals surface area contributed by atoms with Crippen LogP contribution in [-0.4, -0.2) is 18.3 Å². The lowest BCUT2D eigenvalue weighted by Gasteiger charge is -2.32. The highest BCUT2D eigenvalue weighted by atomic mass is 19.4. The minimum absolute atomic E-state index is 0.441. The molecule has 0 atom stereocenters. The lowest BCUT2D eigenvalue weighted by atomic mass is 9.86. The summed E-state index contributed by atoms with van der Waals surface area (Å²) in [5.74, 6) is 0. The van der Waals surface area contributed by atoms with Gasteiger partial charge in [-0.1, -0.05) is 36.4 Å². The minimum atomic E-state index is -4.40. The zero-order valence-corrected chi connectivity index (χ0v) is 16.1. The highest BCUT2D eigenvalue weighted by Crippen LogP contribution is 2.39. The molecule has 2 aromatic rings. The van der Waals surface area contributed by atoms with Crippen molar-refractivity contribution in [3.63, 3.8) is 0 Å². The first kappa shape index (κ1) is 20.6. The van der Waals surface area contributed by atoms with Gasteiger partial charge in [-0.2, -0.15) is 13.2 Å². The van der Waals surface area contributed by atoms with Gasteiger partial charge in [-0.3, -0.25) is 0 Å². The predicted molar refractivity (Wildman–Crippen MR) is 102 cm³/mol. The fourth-order valence-corrected chi connectivity index (χ4v) is 2.83. The van der Waals surface area contributed by atoms with Crippen molar-refractivity contribution in [2.75, 3.05) is 0 Å². The van der Waals surface area contributed by atoms with Gasteiger partial charge in [0, 0.05) is 0 Å². The van der Waals surface area contributed by atoms with Crippen LogP contribution in [0.5, 0.6) is 0 Å². The highest BCUT2D eigenvalue weighted by Gasteiger charge is 2.53. The average Bonchev–Trinajstić information content (AvgIpc) is 2.83.